The van der Waals surface area contributed by atoms with Gasteiger partial charge in [0.15, 0.2) is 0 Å². The van der Waals surface area contributed by atoms with Crippen molar-refractivity contribution in [1.29, 1.82) is 0 Å². The Kier molecular flexibility index (Phi) is 3.82. The molecule has 0 saturated heterocycles. The van der Waals surface area contributed by atoms with Crippen molar-refractivity contribution in [3.63, 3.8) is 0 Å². The Morgan fingerprint density at radius 1 is 1.55 bits per heavy atom. The molecule has 0 aliphatic heterocycles. The lowest BCUT2D eigenvalue weighted by atomic mass is 10.2. The number of ether oxygens (including phenoxy) is 1. The topological polar surface area (TPSA) is 46.5 Å². The summed E-state index contributed by atoms with van der Waals surface area (Å²) in [7, 11) is 0. The third-order valence-corrected chi connectivity index (χ3v) is 1.15. The maximum Gasteiger partial charge on any atom is 0.335 e. The Morgan fingerprint density at radius 3 is 2.27 bits per heavy atom. The minimum atomic E-state index is -1.03. The average Bonchev–Trinajstić information content (AvgIpc) is 1.87. The fourth-order valence-electron chi connectivity index (χ4n) is 0.346. The largest absolute Gasteiger partial charge is 0.432 e. The van der Waals surface area contributed by atoms with Crippen LogP contribution in [0, 0.1) is 5.92 Å². The minimum absolute atomic E-state index is 0.0849. The SMILES string of the molecule is C=C(C)C(=O)OC(O)C(C)C. The van der Waals surface area contributed by atoms with E-state index in [0.29, 0.717) is 5.57 Å². The van der Waals surface area contributed by atoms with E-state index in [2.05, 4.69) is 11.3 Å². The molecule has 3 heteroatoms. The summed E-state index contributed by atoms with van der Waals surface area (Å²) < 4.78 is 4.59. The third kappa shape index (κ3) is 3.78. The molecule has 1 N–H and O–H groups in total. The van der Waals surface area contributed by atoms with E-state index in [1.165, 1.54) is 6.92 Å². The predicted octanol–water partition coefficient (Wildman–Crippen LogP) is 1.08. The number of aliphatic hydroxyl groups is 1. The molecule has 0 bridgehead atoms. The molecule has 0 aromatic heterocycles. The standard InChI is InChI=1S/C8H14O3/c1-5(2)7(9)11-8(10)6(3)4/h6,8,10H,1H2,2-4H3. The number of hydrogen-bond donors (Lipinski definition) is 1. The number of esters is 1. The molecule has 64 valence electrons. The molecule has 0 aromatic carbocycles. The predicted molar refractivity (Wildman–Crippen MR) is 41.8 cm³/mol. The summed E-state index contributed by atoms with van der Waals surface area (Å²) in [4.78, 5) is 10.8. The van der Waals surface area contributed by atoms with E-state index in [9.17, 15) is 4.79 Å². The molecule has 0 aliphatic carbocycles. The molecule has 0 amide bonds. The van der Waals surface area contributed by atoms with Crippen molar-refractivity contribution in [3.8, 4) is 0 Å². The normalized spacial score (nSPS) is 12.8. The van der Waals surface area contributed by atoms with E-state index in [4.69, 9.17) is 5.11 Å². The Hall–Kier alpha value is -0.830. The Labute approximate surface area is 66.7 Å². The first kappa shape index (κ1) is 10.2. The average molecular weight is 158 g/mol. The number of hydrogen-bond acceptors (Lipinski definition) is 3. The van der Waals surface area contributed by atoms with Gasteiger partial charge in [-0.2, -0.15) is 0 Å². The number of rotatable bonds is 3. The van der Waals surface area contributed by atoms with E-state index in [1.54, 1.807) is 13.8 Å². The van der Waals surface area contributed by atoms with Crippen LogP contribution in [0.4, 0.5) is 0 Å². The van der Waals surface area contributed by atoms with Crippen LogP contribution in [0.2, 0.25) is 0 Å². The summed E-state index contributed by atoms with van der Waals surface area (Å²) in [5.74, 6) is -0.635. The lowest BCUT2D eigenvalue weighted by molar-refractivity contribution is -0.169. The first-order valence-corrected chi connectivity index (χ1v) is 3.49. The highest BCUT2D eigenvalue weighted by molar-refractivity contribution is 5.86. The van der Waals surface area contributed by atoms with Crippen LogP contribution < -0.4 is 0 Å². The summed E-state index contributed by atoms with van der Waals surface area (Å²) in [6.45, 7) is 8.44. The Morgan fingerprint density at radius 2 is 2.00 bits per heavy atom. The van der Waals surface area contributed by atoms with Gasteiger partial charge in [-0.15, -0.1) is 0 Å². The van der Waals surface area contributed by atoms with E-state index in [1.807, 2.05) is 0 Å². The fourth-order valence-corrected chi connectivity index (χ4v) is 0.346. The van der Waals surface area contributed by atoms with Gasteiger partial charge in [0.25, 0.3) is 0 Å². The van der Waals surface area contributed by atoms with Gasteiger partial charge in [-0.1, -0.05) is 20.4 Å². The zero-order valence-corrected chi connectivity index (χ0v) is 7.13. The van der Waals surface area contributed by atoms with Crippen LogP contribution >= 0.6 is 0 Å². The Balaban J connectivity index is 3.85. The molecule has 11 heavy (non-hydrogen) atoms. The van der Waals surface area contributed by atoms with Crippen LogP contribution in [-0.4, -0.2) is 17.4 Å². The summed E-state index contributed by atoms with van der Waals surface area (Å²) in [6, 6.07) is 0. The van der Waals surface area contributed by atoms with Crippen molar-refractivity contribution >= 4 is 5.97 Å². The summed E-state index contributed by atoms with van der Waals surface area (Å²) in [6.07, 6.45) is -1.03. The molecular weight excluding hydrogens is 144 g/mol. The number of carbonyl (C=O) groups is 1. The molecule has 0 fully saturated rings. The van der Waals surface area contributed by atoms with Gasteiger partial charge in [-0.3, -0.25) is 0 Å². The maximum absolute atomic E-state index is 10.8. The fraction of sp³-hybridized carbons (Fsp3) is 0.625. The van der Waals surface area contributed by atoms with Crippen molar-refractivity contribution in [3.05, 3.63) is 12.2 Å². The highest BCUT2D eigenvalue weighted by atomic mass is 16.6. The van der Waals surface area contributed by atoms with Gasteiger partial charge in [-0.05, 0) is 6.92 Å². The second-order valence-corrected chi connectivity index (χ2v) is 2.82. The lowest BCUT2D eigenvalue weighted by Gasteiger charge is -2.14. The monoisotopic (exact) mass is 158 g/mol. The molecular formula is C8H14O3. The Bertz CT molecular complexity index is 161. The molecule has 0 spiro atoms. The molecule has 0 heterocycles. The summed E-state index contributed by atoms with van der Waals surface area (Å²) >= 11 is 0. The van der Waals surface area contributed by atoms with Gasteiger partial charge in [-0.25, -0.2) is 4.79 Å². The second-order valence-electron chi connectivity index (χ2n) is 2.82. The van der Waals surface area contributed by atoms with E-state index < -0.39 is 12.3 Å². The van der Waals surface area contributed by atoms with Crippen LogP contribution in [-0.2, 0) is 9.53 Å². The molecule has 1 atom stereocenters. The van der Waals surface area contributed by atoms with Gasteiger partial charge in [0.1, 0.15) is 0 Å². The first-order chi connectivity index (χ1) is 4.95. The maximum atomic E-state index is 10.8. The number of aliphatic hydroxyl groups excluding tert-OH is 1. The minimum Gasteiger partial charge on any atom is -0.432 e. The van der Waals surface area contributed by atoms with Crippen molar-refractivity contribution in [2.75, 3.05) is 0 Å². The van der Waals surface area contributed by atoms with Crippen LogP contribution in [0.25, 0.3) is 0 Å². The zero-order valence-electron chi connectivity index (χ0n) is 7.13. The van der Waals surface area contributed by atoms with Crippen LogP contribution in [0.5, 0.6) is 0 Å². The van der Waals surface area contributed by atoms with Gasteiger partial charge in [0, 0.05) is 11.5 Å². The quantitative estimate of drug-likeness (QED) is 0.380. The summed E-state index contributed by atoms with van der Waals surface area (Å²) in [5, 5.41) is 9.06. The molecule has 0 aromatic rings. The highest BCUT2D eigenvalue weighted by Crippen LogP contribution is 2.04. The highest BCUT2D eigenvalue weighted by Gasteiger charge is 2.14. The molecule has 0 aliphatic rings. The molecule has 0 saturated carbocycles. The lowest BCUT2D eigenvalue weighted by Crippen LogP contribution is -2.23. The van der Waals surface area contributed by atoms with E-state index in [-0.39, 0.29) is 5.92 Å². The molecule has 3 nitrogen and oxygen atoms in total. The van der Waals surface area contributed by atoms with Crippen molar-refractivity contribution < 1.29 is 14.6 Å². The van der Waals surface area contributed by atoms with E-state index >= 15 is 0 Å². The van der Waals surface area contributed by atoms with Crippen molar-refractivity contribution in [1.82, 2.24) is 0 Å². The van der Waals surface area contributed by atoms with Crippen LogP contribution in [0.1, 0.15) is 20.8 Å². The molecule has 0 rings (SSSR count). The molecule has 1 unspecified atom stereocenters. The summed E-state index contributed by atoms with van der Waals surface area (Å²) in [5.41, 5.74) is 0.296. The van der Waals surface area contributed by atoms with Gasteiger partial charge < -0.3 is 9.84 Å². The van der Waals surface area contributed by atoms with Gasteiger partial charge >= 0.3 is 5.97 Å². The number of carbonyl (C=O) groups excluding carboxylic acids is 1. The van der Waals surface area contributed by atoms with Crippen molar-refractivity contribution in [2.45, 2.75) is 27.1 Å². The smallest absolute Gasteiger partial charge is 0.335 e. The van der Waals surface area contributed by atoms with Crippen LogP contribution in [0.15, 0.2) is 12.2 Å². The van der Waals surface area contributed by atoms with E-state index in [0.717, 1.165) is 0 Å². The molecule has 0 radical (unpaired) electrons. The first-order valence-electron chi connectivity index (χ1n) is 3.49. The van der Waals surface area contributed by atoms with Crippen molar-refractivity contribution in [2.24, 2.45) is 5.92 Å². The van der Waals surface area contributed by atoms with Gasteiger partial charge in [0.2, 0.25) is 6.29 Å². The van der Waals surface area contributed by atoms with Crippen LogP contribution in [0.3, 0.4) is 0 Å². The third-order valence-electron chi connectivity index (χ3n) is 1.15. The van der Waals surface area contributed by atoms with Gasteiger partial charge in [0.05, 0.1) is 0 Å². The second kappa shape index (κ2) is 4.13. The zero-order chi connectivity index (χ0) is 9.02.